The number of halogens is 3. The lowest BCUT2D eigenvalue weighted by atomic mass is 10.2. The molecule has 25 heavy (non-hydrogen) atoms. The molecule has 1 aromatic carbocycles. The summed E-state index contributed by atoms with van der Waals surface area (Å²) in [5.74, 6) is -0.0305. The molecule has 0 saturated heterocycles. The number of imidazole rings is 1. The molecule has 0 fully saturated rings. The Morgan fingerprint density at radius 1 is 1.20 bits per heavy atom. The average Bonchev–Trinajstić information content (AvgIpc) is 2.89. The fraction of sp³-hybridized carbons (Fsp3) is 0.267. The van der Waals surface area contributed by atoms with Crippen molar-refractivity contribution in [3.05, 3.63) is 56.0 Å². The molecule has 3 rings (SSSR count). The largest absolute Gasteiger partial charge is 0.434 e. The van der Waals surface area contributed by atoms with Gasteiger partial charge in [-0.05, 0) is 17.7 Å². The van der Waals surface area contributed by atoms with Crippen molar-refractivity contribution < 1.29 is 13.5 Å². The van der Waals surface area contributed by atoms with Crippen LogP contribution in [-0.4, -0.2) is 25.3 Å². The number of rotatable bonds is 4. The standard InChI is InChI=1S/C15H13ClF2N4O3/c1-20-11-10(12(23)21(2)15(20)24)22(13(16)19-11)7-8-5-3-4-6-9(8)25-14(17)18/h3-6,14H,7H2,1-2H3. The summed E-state index contributed by atoms with van der Waals surface area (Å²) in [6.45, 7) is -3.00. The maximum absolute atomic E-state index is 12.6. The number of benzene rings is 1. The van der Waals surface area contributed by atoms with Crippen molar-refractivity contribution in [3.8, 4) is 5.75 Å². The number of ether oxygens (including phenoxy) is 1. The number of fused-ring (bicyclic) bond motifs is 1. The lowest BCUT2D eigenvalue weighted by molar-refractivity contribution is -0.0504. The minimum absolute atomic E-state index is 0.0222. The van der Waals surface area contributed by atoms with E-state index < -0.39 is 17.9 Å². The highest BCUT2D eigenvalue weighted by atomic mass is 35.5. The molecule has 2 heterocycles. The first-order valence-electron chi connectivity index (χ1n) is 7.15. The van der Waals surface area contributed by atoms with Crippen LogP contribution in [0.4, 0.5) is 8.78 Å². The number of aryl methyl sites for hydroxylation is 1. The summed E-state index contributed by atoms with van der Waals surface area (Å²) >= 11 is 6.12. The Kier molecular flexibility index (Phi) is 4.34. The molecule has 0 N–H and O–H groups in total. The molecule has 7 nitrogen and oxygen atoms in total. The van der Waals surface area contributed by atoms with E-state index >= 15 is 0 Å². The summed E-state index contributed by atoms with van der Waals surface area (Å²) in [4.78, 5) is 28.5. The van der Waals surface area contributed by atoms with Gasteiger partial charge in [-0.15, -0.1) is 0 Å². The van der Waals surface area contributed by atoms with Crippen molar-refractivity contribution in [3.63, 3.8) is 0 Å². The number of para-hydroxylation sites is 1. The van der Waals surface area contributed by atoms with E-state index in [9.17, 15) is 18.4 Å². The third-order valence-electron chi connectivity index (χ3n) is 3.82. The second-order valence-corrected chi connectivity index (χ2v) is 5.67. The number of aromatic nitrogens is 4. The summed E-state index contributed by atoms with van der Waals surface area (Å²) in [6.07, 6.45) is 0. The van der Waals surface area contributed by atoms with E-state index in [0.717, 1.165) is 4.57 Å². The van der Waals surface area contributed by atoms with E-state index in [0.29, 0.717) is 5.56 Å². The first kappa shape index (κ1) is 17.2. The molecule has 0 atom stereocenters. The van der Waals surface area contributed by atoms with Crippen LogP contribution < -0.4 is 16.0 Å². The SMILES string of the molecule is Cn1c(=O)c2c(nc(Cl)n2Cc2ccccc2OC(F)F)n(C)c1=O. The Balaban J connectivity index is 2.20. The van der Waals surface area contributed by atoms with Gasteiger partial charge in [0.2, 0.25) is 5.28 Å². The van der Waals surface area contributed by atoms with Crippen LogP contribution in [0.2, 0.25) is 5.28 Å². The number of hydrogen-bond donors (Lipinski definition) is 0. The Bertz CT molecular complexity index is 1070. The van der Waals surface area contributed by atoms with Gasteiger partial charge in [0.05, 0.1) is 6.54 Å². The van der Waals surface area contributed by atoms with Crippen molar-refractivity contribution in [2.45, 2.75) is 13.2 Å². The summed E-state index contributed by atoms with van der Waals surface area (Å²) in [7, 11) is 2.80. The molecule has 0 amide bonds. The van der Waals surface area contributed by atoms with Gasteiger partial charge >= 0.3 is 12.3 Å². The van der Waals surface area contributed by atoms with Crippen molar-refractivity contribution >= 4 is 22.8 Å². The van der Waals surface area contributed by atoms with Crippen LogP contribution in [0, 0.1) is 0 Å². The van der Waals surface area contributed by atoms with Crippen LogP contribution in [0.25, 0.3) is 11.2 Å². The van der Waals surface area contributed by atoms with Crippen LogP contribution >= 0.6 is 11.6 Å². The van der Waals surface area contributed by atoms with E-state index in [2.05, 4.69) is 9.72 Å². The molecular weight excluding hydrogens is 358 g/mol. The summed E-state index contributed by atoms with van der Waals surface area (Å²) in [5.41, 5.74) is -0.517. The summed E-state index contributed by atoms with van der Waals surface area (Å²) < 4.78 is 33.1. The molecular formula is C15H13ClF2N4O3. The quantitative estimate of drug-likeness (QED) is 0.656. The number of nitrogens with zero attached hydrogens (tertiary/aromatic N) is 4. The Hall–Kier alpha value is -2.68. The Morgan fingerprint density at radius 3 is 2.56 bits per heavy atom. The van der Waals surface area contributed by atoms with Gasteiger partial charge in [0.1, 0.15) is 5.75 Å². The van der Waals surface area contributed by atoms with Gasteiger partial charge in [0.15, 0.2) is 11.2 Å². The van der Waals surface area contributed by atoms with Crippen LogP contribution in [0.3, 0.4) is 0 Å². The summed E-state index contributed by atoms with van der Waals surface area (Å²) in [6, 6.07) is 6.17. The van der Waals surface area contributed by atoms with E-state index in [4.69, 9.17) is 11.6 Å². The summed E-state index contributed by atoms with van der Waals surface area (Å²) in [5, 5.41) is -0.0415. The van der Waals surface area contributed by atoms with E-state index in [1.54, 1.807) is 18.2 Å². The van der Waals surface area contributed by atoms with Crippen LogP contribution in [-0.2, 0) is 20.6 Å². The second kappa shape index (κ2) is 6.32. The third kappa shape index (κ3) is 2.91. The lowest BCUT2D eigenvalue weighted by Gasteiger charge is -2.12. The van der Waals surface area contributed by atoms with Crippen LogP contribution in [0.15, 0.2) is 33.9 Å². The highest BCUT2D eigenvalue weighted by Crippen LogP contribution is 2.24. The molecule has 0 bridgehead atoms. The molecule has 0 saturated carbocycles. The normalized spacial score (nSPS) is 11.4. The monoisotopic (exact) mass is 370 g/mol. The predicted molar refractivity (Wildman–Crippen MR) is 87.4 cm³/mol. The highest BCUT2D eigenvalue weighted by Gasteiger charge is 2.19. The Labute approximate surface area is 144 Å². The fourth-order valence-electron chi connectivity index (χ4n) is 2.58. The molecule has 10 heteroatoms. The predicted octanol–water partition coefficient (Wildman–Crippen LogP) is 1.74. The van der Waals surface area contributed by atoms with Gasteiger partial charge in [0, 0.05) is 19.7 Å². The molecule has 0 aliphatic rings. The zero-order valence-electron chi connectivity index (χ0n) is 13.2. The molecule has 132 valence electrons. The smallest absolute Gasteiger partial charge is 0.387 e. The van der Waals surface area contributed by atoms with Gasteiger partial charge in [-0.2, -0.15) is 13.8 Å². The minimum atomic E-state index is -2.98. The molecule has 0 spiro atoms. The van der Waals surface area contributed by atoms with Gasteiger partial charge in [-0.25, -0.2) is 4.79 Å². The topological polar surface area (TPSA) is 71.0 Å². The van der Waals surface area contributed by atoms with Gasteiger partial charge in [-0.3, -0.25) is 13.9 Å². The third-order valence-corrected chi connectivity index (χ3v) is 4.11. The molecule has 0 aliphatic heterocycles. The number of hydrogen-bond acceptors (Lipinski definition) is 4. The first-order valence-corrected chi connectivity index (χ1v) is 7.53. The highest BCUT2D eigenvalue weighted by molar-refractivity contribution is 6.29. The average molecular weight is 371 g/mol. The van der Waals surface area contributed by atoms with Crippen molar-refractivity contribution in [1.82, 2.24) is 18.7 Å². The zero-order chi connectivity index (χ0) is 18.3. The molecule has 2 aromatic heterocycles. The van der Waals surface area contributed by atoms with E-state index in [1.165, 1.54) is 29.3 Å². The van der Waals surface area contributed by atoms with Crippen molar-refractivity contribution in [1.29, 1.82) is 0 Å². The molecule has 0 radical (unpaired) electrons. The van der Waals surface area contributed by atoms with E-state index in [1.807, 2.05) is 0 Å². The zero-order valence-corrected chi connectivity index (χ0v) is 14.0. The molecule has 0 unspecified atom stereocenters. The first-order chi connectivity index (χ1) is 11.8. The Morgan fingerprint density at radius 2 is 1.88 bits per heavy atom. The van der Waals surface area contributed by atoms with Gasteiger partial charge in [0.25, 0.3) is 5.56 Å². The van der Waals surface area contributed by atoms with Gasteiger partial charge < -0.3 is 9.30 Å². The van der Waals surface area contributed by atoms with Crippen LogP contribution in [0.5, 0.6) is 5.75 Å². The molecule has 3 aromatic rings. The minimum Gasteiger partial charge on any atom is -0.434 e. The van der Waals surface area contributed by atoms with Gasteiger partial charge in [-0.1, -0.05) is 18.2 Å². The van der Waals surface area contributed by atoms with Crippen molar-refractivity contribution in [2.75, 3.05) is 0 Å². The maximum atomic E-state index is 12.6. The lowest BCUT2D eigenvalue weighted by Crippen LogP contribution is -2.37. The maximum Gasteiger partial charge on any atom is 0.387 e. The molecule has 0 aliphatic carbocycles. The van der Waals surface area contributed by atoms with Crippen molar-refractivity contribution in [2.24, 2.45) is 14.1 Å². The second-order valence-electron chi connectivity index (χ2n) is 5.33. The fourth-order valence-corrected chi connectivity index (χ4v) is 2.80. The van der Waals surface area contributed by atoms with E-state index in [-0.39, 0.29) is 28.7 Å². The van der Waals surface area contributed by atoms with Crippen LogP contribution in [0.1, 0.15) is 5.56 Å². The number of alkyl halides is 2.